The molecule has 0 aliphatic heterocycles. The number of rotatable bonds is 2. The Morgan fingerprint density at radius 2 is 1.89 bits per heavy atom. The Morgan fingerprint density at radius 3 is 2.53 bits per heavy atom. The summed E-state index contributed by atoms with van der Waals surface area (Å²) in [6.07, 6.45) is 0. The van der Waals surface area contributed by atoms with Gasteiger partial charge in [-0.2, -0.15) is 5.26 Å². The minimum Gasteiger partial charge on any atom is -0.508 e. The zero-order valence-electron chi connectivity index (χ0n) is 9.72. The molecule has 0 bridgehead atoms. The quantitative estimate of drug-likeness (QED) is 0.867. The fourth-order valence-corrected chi connectivity index (χ4v) is 1.54. The van der Waals surface area contributed by atoms with Crippen molar-refractivity contribution in [1.82, 2.24) is 0 Å². The van der Waals surface area contributed by atoms with E-state index in [-0.39, 0.29) is 17.0 Å². The number of phenolic OH excluding ortho intramolecular Hbond substituents is 1. The number of anilines is 1. The van der Waals surface area contributed by atoms with Crippen molar-refractivity contribution in [3.8, 4) is 11.8 Å². The van der Waals surface area contributed by atoms with Crippen LogP contribution < -0.4 is 5.32 Å². The van der Waals surface area contributed by atoms with Gasteiger partial charge in [0.1, 0.15) is 11.6 Å². The van der Waals surface area contributed by atoms with E-state index in [0.717, 1.165) is 12.1 Å². The molecule has 1 amide bonds. The molecule has 5 heteroatoms. The first-order valence-corrected chi connectivity index (χ1v) is 5.39. The van der Waals surface area contributed by atoms with Crippen LogP contribution in [0.2, 0.25) is 0 Å². The average Bonchev–Trinajstić information content (AvgIpc) is 2.38. The SMILES string of the molecule is N#Cc1cc(F)cc(NC(=O)c2ccc(O)cc2)c1. The van der Waals surface area contributed by atoms with Crippen molar-refractivity contribution in [3.63, 3.8) is 0 Å². The number of aromatic hydroxyl groups is 1. The molecule has 2 aromatic rings. The number of amides is 1. The molecule has 0 aromatic heterocycles. The van der Waals surface area contributed by atoms with Gasteiger partial charge in [0.2, 0.25) is 0 Å². The van der Waals surface area contributed by atoms with Gasteiger partial charge in [-0.25, -0.2) is 4.39 Å². The molecular formula is C14H9FN2O2. The van der Waals surface area contributed by atoms with Gasteiger partial charge in [0.05, 0.1) is 11.6 Å². The van der Waals surface area contributed by atoms with Crippen LogP contribution in [0.15, 0.2) is 42.5 Å². The lowest BCUT2D eigenvalue weighted by Gasteiger charge is -2.06. The summed E-state index contributed by atoms with van der Waals surface area (Å²) in [5, 5.41) is 20.3. The molecular weight excluding hydrogens is 247 g/mol. The van der Waals surface area contributed by atoms with Gasteiger partial charge in [-0.05, 0) is 42.5 Å². The Kier molecular flexibility index (Phi) is 3.44. The maximum atomic E-state index is 13.2. The number of phenols is 1. The van der Waals surface area contributed by atoms with Gasteiger partial charge >= 0.3 is 0 Å². The van der Waals surface area contributed by atoms with Crippen LogP contribution in [0.3, 0.4) is 0 Å². The first-order valence-electron chi connectivity index (χ1n) is 5.39. The molecule has 0 spiro atoms. The highest BCUT2D eigenvalue weighted by Crippen LogP contribution is 2.16. The number of hydrogen-bond donors (Lipinski definition) is 2. The van der Waals surface area contributed by atoms with Crippen LogP contribution in [0, 0.1) is 17.1 Å². The maximum Gasteiger partial charge on any atom is 0.255 e. The Labute approximate surface area is 108 Å². The molecule has 2 N–H and O–H groups in total. The standard InChI is InChI=1S/C14H9FN2O2/c15-11-5-9(8-16)6-12(7-11)17-14(19)10-1-3-13(18)4-2-10/h1-7,18H,(H,17,19). The lowest BCUT2D eigenvalue weighted by molar-refractivity contribution is 0.102. The summed E-state index contributed by atoms with van der Waals surface area (Å²) in [6, 6.07) is 11.0. The number of halogens is 1. The number of nitrogens with zero attached hydrogens (tertiary/aromatic N) is 1. The van der Waals surface area contributed by atoms with Crippen LogP contribution in [0.1, 0.15) is 15.9 Å². The summed E-state index contributed by atoms with van der Waals surface area (Å²) in [4.78, 5) is 11.8. The summed E-state index contributed by atoms with van der Waals surface area (Å²) >= 11 is 0. The highest BCUT2D eigenvalue weighted by molar-refractivity contribution is 6.04. The number of hydrogen-bond acceptors (Lipinski definition) is 3. The second-order valence-corrected chi connectivity index (χ2v) is 3.84. The highest BCUT2D eigenvalue weighted by atomic mass is 19.1. The second kappa shape index (κ2) is 5.19. The number of nitrogens with one attached hydrogen (secondary N) is 1. The molecule has 2 aromatic carbocycles. The topological polar surface area (TPSA) is 73.1 Å². The average molecular weight is 256 g/mol. The third kappa shape index (κ3) is 3.07. The molecule has 0 radical (unpaired) electrons. The Morgan fingerprint density at radius 1 is 1.21 bits per heavy atom. The number of carbonyl (C=O) groups is 1. The van der Waals surface area contributed by atoms with Crippen molar-refractivity contribution in [3.05, 3.63) is 59.4 Å². The van der Waals surface area contributed by atoms with Crippen molar-refractivity contribution in [2.24, 2.45) is 0 Å². The summed E-state index contributed by atoms with van der Waals surface area (Å²) < 4.78 is 13.2. The van der Waals surface area contributed by atoms with Crippen LogP contribution in [0.5, 0.6) is 5.75 Å². The fourth-order valence-electron chi connectivity index (χ4n) is 1.54. The number of carbonyl (C=O) groups excluding carboxylic acids is 1. The molecule has 19 heavy (non-hydrogen) atoms. The van der Waals surface area contributed by atoms with E-state index in [4.69, 9.17) is 10.4 Å². The lowest BCUT2D eigenvalue weighted by Crippen LogP contribution is -2.11. The van der Waals surface area contributed by atoms with Crippen molar-refractivity contribution in [2.45, 2.75) is 0 Å². The van der Waals surface area contributed by atoms with Gasteiger partial charge < -0.3 is 10.4 Å². The highest BCUT2D eigenvalue weighted by Gasteiger charge is 2.07. The normalized spacial score (nSPS) is 9.68. The molecule has 0 unspecified atom stereocenters. The number of nitriles is 1. The summed E-state index contributed by atoms with van der Waals surface area (Å²) in [5.74, 6) is -0.997. The van der Waals surface area contributed by atoms with E-state index in [1.54, 1.807) is 6.07 Å². The van der Waals surface area contributed by atoms with Crippen molar-refractivity contribution in [1.29, 1.82) is 5.26 Å². The minimum atomic E-state index is -0.597. The molecule has 0 atom stereocenters. The van der Waals surface area contributed by atoms with Crippen LogP contribution >= 0.6 is 0 Å². The second-order valence-electron chi connectivity index (χ2n) is 3.84. The first kappa shape index (κ1) is 12.6. The molecule has 94 valence electrons. The van der Waals surface area contributed by atoms with E-state index in [2.05, 4.69) is 5.32 Å². The molecule has 0 fully saturated rings. The van der Waals surface area contributed by atoms with E-state index in [0.29, 0.717) is 5.56 Å². The third-order valence-electron chi connectivity index (χ3n) is 2.41. The van der Waals surface area contributed by atoms with Crippen molar-refractivity contribution < 1.29 is 14.3 Å². The largest absolute Gasteiger partial charge is 0.508 e. The predicted octanol–water partition coefficient (Wildman–Crippen LogP) is 2.66. The Bertz CT molecular complexity index is 660. The van der Waals surface area contributed by atoms with E-state index in [9.17, 15) is 9.18 Å². The van der Waals surface area contributed by atoms with Crippen LogP contribution in [-0.4, -0.2) is 11.0 Å². The predicted molar refractivity (Wildman–Crippen MR) is 67.2 cm³/mol. The van der Waals surface area contributed by atoms with Gasteiger partial charge in [0, 0.05) is 11.3 Å². The van der Waals surface area contributed by atoms with E-state index >= 15 is 0 Å². The van der Waals surface area contributed by atoms with Gasteiger partial charge in [-0.1, -0.05) is 0 Å². The van der Waals surface area contributed by atoms with E-state index < -0.39 is 11.7 Å². The van der Waals surface area contributed by atoms with Crippen LogP contribution in [-0.2, 0) is 0 Å². The van der Waals surface area contributed by atoms with Crippen molar-refractivity contribution >= 4 is 11.6 Å². The third-order valence-corrected chi connectivity index (χ3v) is 2.41. The van der Waals surface area contributed by atoms with E-state index in [1.807, 2.05) is 0 Å². The summed E-state index contributed by atoms with van der Waals surface area (Å²) in [7, 11) is 0. The van der Waals surface area contributed by atoms with Gasteiger partial charge in [-0.3, -0.25) is 4.79 Å². The number of benzene rings is 2. The zero-order valence-corrected chi connectivity index (χ0v) is 9.72. The van der Waals surface area contributed by atoms with Crippen LogP contribution in [0.4, 0.5) is 10.1 Å². The Balaban J connectivity index is 2.22. The molecule has 0 saturated heterocycles. The zero-order chi connectivity index (χ0) is 13.8. The monoisotopic (exact) mass is 256 g/mol. The minimum absolute atomic E-state index is 0.0501. The van der Waals surface area contributed by atoms with Gasteiger partial charge in [0.25, 0.3) is 5.91 Å². The van der Waals surface area contributed by atoms with Gasteiger partial charge in [0.15, 0.2) is 0 Å². The fraction of sp³-hybridized carbons (Fsp3) is 0. The van der Waals surface area contributed by atoms with E-state index in [1.165, 1.54) is 30.3 Å². The summed E-state index contributed by atoms with van der Waals surface area (Å²) in [5.41, 5.74) is 0.649. The van der Waals surface area contributed by atoms with Crippen LogP contribution in [0.25, 0.3) is 0 Å². The molecule has 4 nitrogen and oxygen atoms in total. The first-order chi connectivity index (χ1) is 9.08. The molecule has 0 saturated carbocycles. The molecule has 2 rings (SSSR count). The molecule has 0 aliphatic rings. The smallest absolute Gasteiger partial charge is 0.255 e. The maximum absolute atomic E-state index is 13.2. The lowest BCUT2D eigenvalue weighted by atomic mass is 10.1. The summed E-state index contributed by atoms with van der Waals surface area (Å²) in [6.45, 7) is 0. The van der Waals surface area contributed by atoms with Gasteiger partial charge in [-0.15, -0.1) is 0 Å². The molecule has 0 aliphatic carbocycles. The Hall–Kier alpha value is -2.87. The van der Waals surface area contributed by atoms with Crippen molar-refractivity contribution in [2.75, 3.05) is 5.32 Å². The molecule has 0 heterocycles.